The Balaban J connectivity index is 1.78. The fourth-order valence-corrected chi connectivity index (χ4v) is 2.46. The minimum atomic E-state index is -0.737. The first kappa shape index (κ1) is 14.7. The van der Waals surface area contributed by atoms with Crippen LogP contribution in [0, 0.1) is 0 Å². The molecule has 0 aliphatic heterocycles. The Morgan fingerprint density at radius 1 is 1.45 bits per heavy atom. The summed E-state index contributed by atoms with van der Waals surface area (Å²) in [5, 5.41) is 15.7. The summed E-state index contributed by atoms with van der Waals surface area (Å²) in [4.78, 5) is 11.7. The normalized spacial score (nSPS) is 16.7. The van der Waals surface area contributed by atoms with Crippen LogP contribution in [0.1, 0.15) is 37.4 Å². The Morgan fingerprint density at radius 2 is 2.20 bits per heavy atom. The molecule has 0 radical (unpaired) electrons. The summed E-state index contributed by atoms with van der Waals surface area (Å²) in [6.45, 7) is 0.186. The monoisotopic (exact) mass is 278 g/mol. The molecule has 110 valence electrons. The van der Waals surface area contributed by atoms with Gasteiger partial charge in [-0.25, -0.2) is 4.79 Å². The number of ether oxygens (including phenoxy) is 1. The Morgan fingerprint density at radius 3 is 2.90 bits per heavy atom. The van der Waals surface area contributed by atoms with Crippen molar-refractivity contribution in [2.75, 3.05) is 13.7 Å². The average molecular weight is 278 g/mol. The molecule has 2 rings (SSSR count). The number of aliphatic hydroxyl groups is 1. The molecule has 0 aromatic heterocycles. The number of methoxy groups -OCH3 is 1. The zero-order chi connectivity index (χ0) is 14.4. The highest BCUT2D eigenvalue weighted by molar-refractivity contribution is 5.74. The Bertz CT molecular complexity index is 444. The van der Waals surface area contributed by atoms with Gasteiger partial charge in [-0.05, 0) is 30.5 Å². The number of aliphatic hydroxyl groups excluding tert-OH is 1. The lowest BCUT2D eigenvalue weighted by molar-refractivity contribution is 0.172. The predicted octanol–water partition coefficient (Wildman–Crippen LogP) is 1.97. The van der Waals surface area contributed by atoms with E-state index in [4.69, 9.17) is 4.74 Å². The molecule has 1 aliphatic carbocycles. The number of benzene rings is 1. The third kappa shape index (κ3) is 4.13. The van der Waals surface area contributed by atoms with E-state index < -0.39 is 6.10 Å². The minimum Gasteiger partial charge on any atom is -0.497 e. The van der Waals surface area contributed by atoms with Gasteiger partial charge in [0.1, 0.15) is 5.75 Å². The standard InChI is InChI=1S/C15H22N2O3/c1-20-13-8-4-5-11(9-13)14(18)10-16-15(19)17-12-6-2-3-7-12/h4-5,8-9,12,14,18H,2-3,6-7,10H2,1H3,(H2,16,17,19). The smallest absolute Gasteiger partial charge is 0.315 e. The van der Waals surface area contributed by atoms with Crippen LogP contribution >= 0.6 is 0 Å². The zero-order valence-electron chi connectivity index (χ0n) is 11.8. The van der Waals surface area contributed by atoms with E-state index in [9.17, 15) is 9.90 Å². The van der Waals surface area contributed by atoms with Crippen LogP contribution in [0.3, 0.4) is 0 Å². The van der Waals surface area contributed by atoms with Gasteiger partial charge < -0.3 is 20.5 Å². The molecule has 20 heavy (non-hydrogen) atoms. The van der Waals surface area contributed by atoms with Gasteiger partial charge in [0.15, 0.2) is 0 Å². The average Bonchev–Trinajstić information content (AvgIpc) is 2.97. The van der Waals surface area contributed by atoms with Crippen LogP contribution in [0.25, 0.3) is 0 Å². The van der Waals surface area contributed by atoms with Crippen LogP contribution in [-0.4, -0.2) is 30.8 Å². The summed E-state index contributed by atoms with van der Waals surface area (Å²) in [7, 11) is 1.58. The largest absolute Gasteiger partial charge is 0.497 e. The number of urea groups is 1. The highest BCUT2D eigenvalue weighted by Gasteiger charge is 2.17. The summed E-state index contributed by atoms with van der Waals surface area (Å²) < 4.78 is 5.11. The van der Waals surface area contributed by atoms with Gasteiger partial charge in [-0.15, -0.1) is 0 Å². The van der Waals surface area contributed by atoms with Crippen LogP contribution in [0.4, 0.5) is 4.79 Å². The van der Waals surface area contributed by atoms with Crippen molar-refractivity contribution in [2.24, 2.45) is 0 Å². The molecular weight excluding hydrogens is 256 g/mol. The van der Waals surface area contributed by atoms with E-state index in [1.807, 2.05) is 18.2 Å². The number of hydrogen-bond donors (Lipinski definition) is 3. The van der Waals surface area contributed by atoms with E-state index >= 15 is 0 Å². The van der Waals surface area contributed by atoms with Crippen molar-refractivity contribution in [3.8, 4) is 5.75 Å². The topological polar surface area (TPSA) is 70.6 Å². The highest BCUT2D eigenvalue weighted by Crippen LogP contribution is 2.19. The summed E-state index contributed by atoms with van der Waals surface area (Å²) in [6, 6.07) is 7.28. The first-order chi connectivity index (χ1) is 9.69. The molecule has 1 aromatic carbocycles. The molecule has 1 saturated carbocycles. The molecule has 5 nitrogen and oxygen atoms in total. The highest BCUT2D eigenvalue weighted by atomic mass is 16.5. The van der Waals surface area contributed by atoms with Gasteiger partial charge >= 0.3 is 6.03 Å². The van der Waals surface area contributed by atoms with Crippen molar-refractivity contribution < 1.29 is 14.6 Å². The number of nitrogens with one attached hydrogen (secondary N) is 2. The van der Waals surface area contributed by atoms with E-state index in [1.165, 1.54) is 12.8 Å². The Hall–Kier alpha value is -1.75. The molecule has 1 unspecified atom stereocenters. The molecule has 1 aliphatic rings. The van der Waals surface area contributed by atoms with Crippen molar-refractivity contribution in [1.82, 2.24) is 10.6 Å². The number of carbonyl (C=O) groups is 1. The molecule has 1 aromatic rings. The number of carbonyl (C=O) groups excluding carboxylic acids is 1. The van der Waals surface area contributed by atoms with E-state index in [2.05, 4.69) is 10.6 Å². The molecule has 5 heteroatoms. The fourth-order valence-electron chi connectivity index (χ4n) is 2.46. The molecule has 0 bridgehead atoms. The van der Waals surface area contributed by atoms with Crippen molar-refractivity contribution in [1.29, 1.82) is 0 Å². The van der Waals surface area contributed by atoms with Gasteiger partial charge in [-0.3, -0.25) is 0 Å². The summed E-state index contributed by atoms with van der Waals surface area (Å²) in [5.74, 6) is 0.692. The predicted molar refractivity (Wildman–Crippen MR) is 76.7 cm³/mol. The van der Waals surface area contributed by atoms with Gasteiger partial charge in [0.05, 0.1) is 13.2 Å². The second-order valence-corrected chi connectivity index (χ2v) is 5.13. The second kappa shape index (κ2) is 7.14. The molecule has 1 atom stereocenters. The molecular formula is C15H22N2O3. The lowest BCUT2D eigenvalue weighted by Crippen LogP contribution is -2.42. The van der Waals surface area contributed by atoms with Crippen LogP contribution in [0.2, 0.25) is 0 Å². The molecule has 3 N–H and O–H groups in total. The summed E-state index contributed by atoms with van der Waals surface area (Å²) in [6.07, 6.45) is 3.71. The fraction of sp³-hybridized carbons (Fsp3) is 0.533. The SMILES string of the molecule is COc1cccc(C(O)CNC(=O)NC2CCCC2)c1. The molecule has 2 amide bonds. The van der Waals surface area contributed by atoms with Crippen LogP contribution < -0.4 is 15.4 Å². The van der Waals surface area contributed by atoms with Gasteiger partial charge in [-0.2, -0.15) is 0 Å². The van der Waals surface area contributed by atoms with Gasteiger partial charge in [0.2, 0.25) is 0 Å². The van der Waals surface area contributed by atoms with E-state index in [0.29, 0.717) is 5.75 Å². The lowest BCUT2D eigenvalue weighted by atomic mass is 10.1. The third-order valence-corrected chi connectivity index (χ3v) is 3.62. The van der Waals surface area contributed by atoms with Crippen molar-refractivity contribution in [3.63, 3.8) is 0 Å². The quantitative estimate of drug-likeness (QED) is 0.771. The van der Waals surface area contributed by atoms with Gasteiger partial charge in [0.25, 0.3) is 0 Å². The maximum absolute atomic E-state index is 11.7. The Kier molecular flexibility index (Phi) is 5.24. The number of hydrogen-bond acceptors (Lipinski definition) is 3. The molecule has 0 heterocycles. The Labute approximate surface area is 119 Å². The van der Waals surface area contributed by atoms with Crippen LogP contribution in [0.15, 0.2) is 24.3 Å². The second-order valence-electron chi connectivity index (χ2n) is 5.13. The maximum Gasteiger partial charge on any atom is 0.315 e. The third-order valence-electron chi connectivity index (χ3n) is 3.62. The van der Waals surface area contributed by atoms with Crippen molar-refractivity contribution in [2.45, 2.75) is 37.8 Å². The molecule has 1 fully saturated rings. The van der Waals surface area contributed by atoms with E-state index in [1.54, 1.807) is 13.2 Å². The summed E-state index contributed by atoms with van der Waals surface area (Å²) in [5.41, 5.74) is 0.727. The van der Waals surface area contributed by atoms with E-state index in [0.717, 1.165) is 18.4 Å². The van der Waals surface area contributed by atoms with Crippen LogP contribution in [-0.2, 0) is 0 Å². The first-order valence-electron chi connectivity index (χ1n) is 7.05. The van der Waals surface area contributed by atoms with Crippen molar-refractivity contribution >= 4 is 6.03 Å². The number of rotatable bonds is 5. The lowest BCUT2D eigenvalue weighted by Gasteiger charge is -2.16. The first-order valence-corrected chi connectivity index (χ1v) is 7.05. The molecule has 0 spiro atoms. The summed E-state index contributed by atoms with van der Waals surface area (Å²) >= 11 is 0. The minimum absolute atomic E-state index is 0.186. The van der Waals surface area contributed by atoms with Gasteiger partial charge in [0, 0.05) is 12.6 Å². The molecule has 0 saturated heterocycles. The van der Waals surface area contributed by atoms with Crippen molar-refractivity contribution in [3.05, 3.63) is 29.8 Å². The maximum atomic E-state index is 11.7. The zero-order valence-corrected chi connectivity index (χ0v) is 11.8. The number of amides is 2. The van der Waals surface area contributed by atoms with Crippen LogP contribution in [0.5, 0.6) is 5.75 Å². The van der Waals surface area contributed by atoms with Gasteiger partial charge in [-0.1, -0.05) is 25.0 Å². The van der Waals surface area contributed by atoms with E-state index in [-0.39, 0.29) is 18.6 Å².